The Balaban J connectivity index is 1.67. The second-order valence-electron chi connectivity index (χ2n) is 7.82. The van der Waals surface area contributed by atoms with Crippen molar-refractivity contribution < 1.29 is 4.39 Å². The van der Waals surface area contributed by atoms with Gasteiger partial charge in [-0.3, -0.25) is 4.68 Å². The Morgan fingerprint density at radius 2 is 1.97 bits per heavy atom. The monoisotopic (exact) mass is 458 g/mol. The highest BCUT2D eigenvalue weighted by Gasteiger charge is 2.22. The molecule has 1 aromatic carbocycles. The summed E-state index contributed by atoms with van der Waals surface area (Å²) in [7, 11) is 1.84. The Hall–Kier alpha value is -2.61. The van der Waals surface area contributed by atoms with Crippen LogP contribution in [-0.2, 0) is 7.05 Å². The minimum Gasteiger partial charge on any atom is -0.382 e. The summed E-state index contributed by atoms with van der Waals surface area (Å²) in [5, 5.41) is 9.20. The van der Waals surface area contributed by atoms with E-state index in [0.717, 1.165) is 48.0 Å². The first-order valence-corrected chi connectivity index (χ1v) is 10.8. The second-order valence-corrected chi connectivity index (χ2v) is 8.60. The number of halogens is 3. The van der Waals surface area contributed by atoms with Crippen LogP contribution in [0, 0.1) is 5.82 Å². The van der Waals surface area contributed by atoms with Crippen LogP contribution in [0.5, 0.6) is 0 Å². The number of nitrogen functional groups attached to an aromatic ring is 1. The van der Waals surface area contributed by atoms with Gasteiger partial charge < -0.3 is 15.6 Å². The van der Waals surface area contributed by atoms with Crippen molar-refractivity contribution in [3.8, 4) is 22.4 Å². The number of benzene rings is 1. The third-order valence-corrected chi connectivity index (χ3v) is 6.68. The summed E-state index contributed by atoms with van der Waals surface area (Å²) in [6.45, 7) is 1.98. The fourth-order valence-corrected chi connectivity index (χ4v) is 4.93. The van der Waals surface area contributed by atoms with E-state index in [4.69, 9.17) is 28.9 Å². The Bertz CT molecular complexity index is 1290. The number of aryl methyl sites for hydroxylation is 1. The first-order valence-electron chi connectivity index (χ1n) is 10.1. The van der Waals surface area contributed by atoms with Crippen molar-refractivity contribution in [2.24, 2.45) is 7.05 Å². The molecule has 9 heteroatoms. The van der Waals surface area contributed by atoms with Crippen LogP contribution in [0.2, 0.25) is 10.0 Å². The van der Waals surface area contributed by atoms with Gasteiger partial charge in [0.2, 0.25) is 0 Å². The standard InChI is InChI=1S/C22H21Cl2FN6/c1-30-18(19-16(23)2-3-17(25)20(19)24)8-14-15(10-28-22(26)21(14)30)12-9-29-31(11-12)13-4-6-27-7-5-13/h2-3,8-11,13,27H,4-7H2,1H3,(H2,26,28). The predicted octanol–water partition coefficient (Wildman–Crippen LogP) is 5.06. The molecule has 0 spiro atoms. The molecule has 1 aliphatic heterocycles. The third-order valence-electron chi connectivity index (χ3n) is 5.99. The summed E-state index contributed by atoms with van der Waals surface area (Å²) in [6.07, 6.45) is 7.74. The highest BCUT2D eigenvalue weighted by molar-refractivity contribution is 6.39. The van der Waals surface area contributed by atoms with Gasteiger partial charge in [0.1, 0.15) is 11.6 Å². The number of aromatic nitrogens is 4. The number of nitrogens with two attached hydrogens (primary N) is 1. The Morgan fingerprint density at radius 1 is 1.19 bits per heavy atom. The molecule has 1 aliphatic rings. The largest absolute Gasteiger partial charge is 0.382 e. The topological polar surface area (TPSA) is 73.7 Å². The Morgan fingerprint density at radius 3 is 2.74 bits per heavy atom. The van der Waals surface area contributed by atoms with E-state index in [1.165, 1.54) is 12.1 Å². The number of fused-ring (bicyclic) bond motifs is 1. The van der Waals surface area contributed by atoms with Gasteiger partial charge in [-0.1, -0.05) is 23.2 Å². The minimum absolute atomic E-state index is 0.0229. The van der Waals surface area contributed by atoms with Gasteiger partial charge >= 0.3 is 0 Å². The molecule has 1 fully saturated rings. The molecule has 0 unspecified atom stereocenters. The number of pyridine rings is 1. The van der Waals surface area contributed by atoms with Crippen molar-refractivity contribution in [3.63, 3.8) is 0 Å². The minimum atomic E-state index is -0.527. The molecule has 3 aromatic heterocycles. The molecule has 0 aliphatic carbocycles. The van der Waals surface area contributed by atoms with Crippen LogP contribution >= 0.6 is 23.2 Å². The Labute approximate surface area is 188 Å². The average molecular weight is 459 g/mol. The van der Waals surface area contributed by atoms with Crippen LogP contribution in [-0.4, -0.2) is 32.4 Å². The fourth-order valence-electron chi connectivity index (χ4n) is 4.36. The zero-order valence-electron chi connectivity index (χ0n) is 16.9. The Kier molecular flexibility index (Phi) is 5.12. The lowest BCUT2D eigenvalue weighted by Gasteiger charge is -2.22. The maximum Gasteiger partial charge on any atom is 0.147 e. The highest BCUT2D eigenvalue weighted by atomic mass is 35.5. The van der Waals surface area contributed by atoms with Crippen LogP contribution in [0.4, 0.5) is 10.2 Å². The summed E-state index contributed by atoms with van der Waals surface area (Å²) in [5.41, 5.74) is 9.90. The number of hydrogen-bond acceptors (Lipinski definition) is 4. The van der Waals surface area contributed by atoms with E-state index < -0.39 is 5.82 Å². The van der Waals surface area contributed by atoms with Gasteiger partial charge in [-0.05, 0) is 44.1 Å². The highest BCUT2D eigenvalue weighted by Crippen LogP contribution is 2.41. The van der Waals surface area contributed by atoms with E-state index in [0.29, 0.717) is 28.1 Å². The van der Waals surface area contributed by atoms with E-state index in [2.05, 4.69) is 21.6 Å². The van der Waals surface area contributed by atoms with Gasteiger partial charge in [-0.25, -0.2) is 9.37 Å². The lowest BCUT2D eigenvalue weighted by atomic mass is 10.1. The maximum absolute atomic E-state index is 14.2. The van der Waals surface area contributed by atoms with Gasteiger partial charge in [-0.15, -0.1) is 0 Å². The van der Waals surface area contributed by atoms with Crippen LogP contribution in [0.1, 0.15) is 18.9 Å². The zero-order valence-corrected chi connectivity index (χ0v) is 18.4. The molecule has 160 valence electrons. The van der Waals surface area contributed by atoms with E-state index in [1.807, 2.05) is 28.6 Å². The van der Waals surface area contributed by atoms with Gasteiger partial charge in [-0.2, -0.15) is 5.10 Å². The van der Waals surface area contributed by atoms with Crippen LogP contribution in [0.15, 0.2) is 36.8 Å². The molecule has 4 aromatic rings. The molecule has 31 heavy (non-hydrogen) atoms. The number of nitrogens with one attached hydrogen (secondary N) is 1. The molecule has 0 bridgehead atoms. The van der Waals surface area contributed by atoms with Gasteiger partial charge in [0.15, 0.2) is 0 Å². The summed E-state index contributed by atoms with van der Waals surface area (Å²) in [4.78, 5) is 4.41. The molecule has 5 rings (SSSR count). The van der Waals surface area contributed by atoms with Crippen molar-refractivity contribution >= 4 is 39.9 Å². The molecule has 1 saturated heterocycles. The lowest BCUT2D eigenvalue weighted by Crippen LogP contribution is -2.29. The quantitative estimate of drug-likeness (QED) is 0.421. The number of rotatable bonds is 3. The third kappa shape index (κ3) is 3.37. The van der Waals surface area contributed by atoms with Crippen molar-refractivity contribution in [1.82, 2.24) is 24.6 Å². The zero-order chi connectivity index (χ0) is 21.7. The van der Waals surface area contributed by atoms with E-state index in [-0.39, 0.29) is 5.02 Å². The maximum atomic E-state index is 14.2. The number of nitrogens with zero attached hydrogens (tertiary/aromatic N) is 4. The van der Waals surface area contributed by atoms with E-state index >= 15 is 0 Å². The lowest BCUT2D eigenvalue weighted by molar-refractivity contribution is 0.343. The molecule has 0 atom stereocenters. The summed E-state index contributed by atoms with van der Waals surface area (Å²) < 4.78 is 18.1. The first-order chi connectivity index (χ1) is 15.0. The molecule has 0 radical (unpaired) electrons. The average Bonchev–Trinajstić information content (AvgIpc) is 3.38. The number of hydrogen-bond donors (Lipinski definition) is 2. The normalized spacial score (nSPS) is 15.1. The number of anilines is 1. The molecule has 0 amide bonds. The van der Waals surface area contributed by atoms with Crippen molar-refractivity contribution in [1.29, 1.82) is 0 Å². The van der Waals surface area contributed by atoms with Crippen molar-refractivity contribution in [3.05, 3.63) is 52.7 Å². The summed E-state index contributed by atoms with van der Waals surface area (Å²) in [5.74, 6) is -0.150. The van der Waals surface area contributed by atoms with Crippen molar-refractivity contribution in [2.75, 3.05) is 18.8 Å². The molecule has 6 nitrogen and oxygen atoms in total. The smallest absolute Gasteiger partial charge is 0.147 e. The molecule has 0 saturated carbocycles. The SMILES string of the molecule is Cn1c(-c2c(Cl)ccc(F)c2Cl)cc2c(-c3cnn(C4CCNCC4)c3)cnc(N)c21. The molecular formula is C22H21Cl2FN6. The van der Waals surface area contributed by atoms with Gasteiger partial charge in [0.05, 0.1) is 33.5 Å². The van der Waals surface area contributed by atoms with Gasteiger partial charge in [0.25, 0.3) is 0 Å². The van der Waals surface area contributed by atoms with Crippen LogP contribution in [0.3, 0.4) is 0 Å². The van der Waals surface area contributed by atoms with Gasteiger partial charge in [0, 0.05) is 41.5 Å². The van der Waals surface area contributed by atoms with E-state index in [1.54, 1.807) is 6.20 Å². The summed E-state index contributed by atoms with van der Waals surface area (Å²) >= 11 is 12.7. The van der Waals surface area contributed by atoms with Crippen LogP contribution in [0.25, 0.3) is 33.3 Å². The molecule has 4 heterocycles. The predicted molar refractivity (Wildman–Crippen MR) is 123 cm³/mol. The van der Waals surface area contributed by atoms with E-state index in [9.17, 15) is 4.39 Å². The number of piperidine rings is 1. The second kappa shape index (κ2) is 7.82. The molecule has 3 N–H and O–H groups in total. The van der Waals surface area contributed by atoms with Crippen molar-refractivity contribution in [2.45, 2.75) is 18.9 Å². The fraction of sp³-hybridized carbons (Fsp3) is 0.273. The molecular weight excluding hydrogens is 438 g/mol. The first kappa shape index (κ1) is 20.3. The van der Waals surface area contributed by atoms with Crippen LogP contribution < -0.4 is 11.1 Å². The summed E-state index contributed by atoms with van der Waals surface area (Å²) in [6, 6.07) is 5.06.